The van der Waals surface area contributed by atoms with E-state index >= 15 is 0 Å². The third-order valence-electron chi connectivity index (χ3n) is 3.21. The lowest BCUT2D eigenvalue weighted by Crippen LogP contribution is -2.28. The van der Waals surface area contributed by atoms with Crippen molar-refractivity contribution in [3.05, 3.63) is 36.0 Å². The van der Waals surface area contributed by atoms with Crippen molar-refractivity contribution in [2.75, 3.05) is 13.6 Å². The van der Waals surface area contributed by atoms with Crippen LogP contribution in [0.15, 0.2) is 30.5 Å². The number of carbonyl (C=O) groups excluding carboxylic acids is 1. The summed E-state index contributed by atoms with van der Waals surface area (Å²) in [5, 5.41) is 0.999. The maximum Gasteiger partial charge on any atom is 0.255 e. The van der Waals surface area contributed by atoms with E-state index in [-0.39, 0.29) is 5.91 Å². The Hall–Kier alpha value is -1.77. The molecule has 0 spiro atoms. The molecule has 0 bridgehead atoms. The van der Waals surface area contributed by atoms with Crippen molar-refractivity contribution in [2.45, 2.75) is 20.3 Å². The van der Waals surface area contributed by atoms with E-state index in [1.807, 2.05) is 31.3 Å². The molecule has 0 aliphatic heterocycles. The van der Waals surface area contributed by atoms with Gasteiger partial charge in [-0.05, 0) is 18.4 Å². The second kappa shape index (κ2) is 5.25. The summed E-state index contributed by atoms with van der Waals surface area (Å²) in [6, 6.07) is 7.90. The minimum Gasteiger partial charge on any atom is -0.360 e. The number of rotatable bonds is 4. The van der Waals surface area contributed by atoms with Gasteiger partial charge in [-0.25, -0.2) is 0 Å². The van der Waals surface area contributed by atoms with Crippen LogP contribution in [-0.2, 0) is 0 Å². The van der Waals surface area contributed by atoms with E-state index in [9.17, 15) is 4.79 Å². The zero-order valence-electron chi connectivity index (χ0n) is 11.2. The quantitative estimate of drug-likeness (QED) is 0.880. The second-order valence-corrected chi connectivity index (χ2v) is 5.16. The Kier molecular flexibility index (Phi) is 3.70. The molecule has 1 heterocycles. The SMILES string of the molecule is CC(C)CCN(C)C(=O)c1c[nH]c2ccccc12. The predicted octanol–water partition coefficient (Wildman–Crippen LogP) is 3.29. The number of nitrogens with zero attached hydrogens (tertiary/aromatic N) is 1. The Bertz CT molecular complexity index is 542. The number of carbonyl (C=O) groups is 1. The number of benzene rings is 1. The van der Waals surface area contributed by atoms with Crippen LogP contribution in [0.1, 0.15) is 30.6 Å². The Morgan fingerprint density at radius 2 is 2.06 bits per heavy atom. The van der Waals surface area contributed by atoms with E-state index in [1.165, 1.54) is 0 Å². The highest BCUT2D eigenvalue weighted by Crippen LogP contribution is 2.19. The second-order valence-electron chi connectivity index (χ2n) is 5.16. The zero-order valence-corrected chi connectivity index (χ0v) is 11.2. The fourth-order valence-corrected chi connectivity index (χ4v) is 2.01. The molecule has 0 fully saturated rings. The van der Waals surface area contributed by atoms with Gasteiger partial charge in [-0.1, -0.05) is 32.0 Å². The van der Waals surface area contributed by atoms with Crippen molar-refractivity contribution in [3.8, 4) is 0 Å². The summed E-state index contributed by atoms with van der Waals surface area (Å²) in [6.07, 6.45) is 2.84. The van der Waals surface area contributed by atoms with Crippen LogP contribution in [0.5, 0.6) is 0 Å². The van der Waals surface area contributed by atoms with Crippen LogP contribution in [-0.4, -0.2) is 29.4 Å². The first kappa shape index (κ1) is 12.7. The fourth-order valence-electron chi connectivity index (χ4n) is 2.01. The van der Waals surface area contributed by atoms with Crippen LogP contribution in [0.2, 0.25) is 0 Å². The van der Waals surface area contributed by atoms with Gasteiger partial charge < -0.3 is 9.88 Å². The van der Waals surface area contributed by atoms with Crippen molar-refractivity contribution >= 4 is 16.8 Å². The maximum atomic E-state index is 12.3. The van der Waals surface area contributed by atoms with Gasteiger partial charge in [0.2, 0.25) is 0 Å². The Morgan fingerprint density at radius 1 is 1.33 bits per heavy atom. The third kappa shape index (κ3) is 2.55. The average Bonchev–Trinajstić information content (AvgIpc) is 2.78. The third-order valence-corrected chi connectivity index (χ3v) is 3.21. The number of amides is 1. The summed E-state index contributed by atoms with van der Waals surface area (Å²) in [5.74, 6) is 0.705. The number of hydrogen-bond donors (Lipinski definition) is 1. The summed E-state index contributed by atoms with van der Waals surface area (Å²) in [6.45, 7) is 5.14. The molecular weight excluding hydrogens is 224 g/mol. The molecule has 0 unspecified atom stereocenters. The van der Waals surface area contributed by atoms with Crippen LogP contribution < -0.4 is 0 Å². The molecule has 0 aliphatic rings. The Labute approximate surface area is 108 Å². The Morgan fingerprint density at radius 3 is 2.78 bits per heavy atom. The number of H-pyrrole nitrogens is 1. The standard InChI is InChI=1S/C15H20N2O/c1-11(2)8-9-17(3)15(18)13-10-16-14-7-5-4-6-12(13)14/h4-7,10-11,16H,8-9H2,1-3H3. The lowest BCUT2D eigenvalue weighted by Gasteiger charge is -2.17. The van der Waals surface area contributed by atoms with E-state index in [1.54, 1.807) is 11.1 Å². The van der Waals surface area contributed by atoms with Gasteiger partial charge in [-0.2, -0.15) is 0 Å². The van der Waals surface area contributed by atoms with E-state index in [0.717, 1.165) is 29.4 Å². The minimum atomic E-state index is 0.0908. The predicted molar refractivity (Wildman–Crippen MR) is 74.7 cm³/mol. The normalized spacial score (nSPS) is 11.1. The molecule has 1 amide bonds. The molecule has 1 aromatic carbocycles. The molecule has 0 atom stereocenters. The van der Waals surface area contributed by atoms with Gasteiger partial charge in [-0.15, -0.1) is 0 Å². The van der Waals surface area contributed by atoms with E-state index in [2.05, 4.69) is 18.8 Å². The molecular formula is C15H20N2O. The minimum absolute atomic E-state index is 0.0908. The van der Waals surface area contributed by atoms with Gasteiger partial charge in [0.05, 0.1) is 5.56 Å². The largest absolute Gasteiger partial charge is 0.360 e. The number of aromatic nitrogens is 1. The molecule has 1 N–H and O–H groups in total. The van der Waals surface area contributed by atoms with Crippen molar-refractivity contribution < 1.29 is 4.79 Å². The van der Waals surface area contributed by atoms with Gasteiger partial charge in [0.1, 0.15) is 0 Å². The molecule has 3 nitrogen and oxygen atoms in total. The molecule has 1 aromatic heterocycles. The van der Waals surface area contributed by atoms with Crippen LogP contribution in [0.3, 0.4) is 0 Å². The highest BCUT2D eigenvalue weighted by Gasteiger charge is 2.15. The van der Waals surface area contributed by atoms with Gasteiger partial charge in [0.25, 0.3) is 5.91 Å². The summed E-state index contributed by atoms with van der Waals surface area (Å²) in [4.78, 5) is 17.3. The first-order valence-electron chi connectivity index (χ1n) is 6.41. The summed E-state index contributed by atoms with van der Waals surface area (Å²) in [7, 11) is 1.87. The fraction of sp³-hybridized carbons (Fsp3) is 0.400. The van der Waals surface area contributed by atoms with Gasteiger partial charge in [-0.3, -0.25) is 4.79 Å². The summed E-state index contributed by atoms with van der Waals surface area (Å²) in [5.41, 5.74) is 1.77. The van der Waals surface area contributed by atoms with Gasteiger partial charge in [0.15, 0.2) is 0 Å². The number of fused-ring (bicyclic) bond motifs is 1. The first-order chi connectivity index (χ1) is 8.59. The van der Waals surface area contributed by atoms with Gasteiger partial charge >= 0.3 is 0 Å². The van der Waals surface area contributed by atoms with E-state index in [0.29, 0.717) is 5.92 Å². The topological polar surface area (TPSA) is 36.1 Å². The van der Waals surface area contributed by atoms with Gasteiger partial charge in [0, 0.05) is 30.7 Å². The molecule has 3 heteroatoms. The Balaban J connectivity index is 2.18. The van der Waals surface area contributed by atoms with Crippen molar-refractivity contribution in [1.29, 1.82) is 0 Å². The highest BCUT2D eigenvalue weighted by atomic mass is 16.2. The molecule has 0 saturated carbocycles. The molecule has 0 aliphatic carbocycles. The number of aromatic amines is 1. The summed E-state index contributed by atoms with van der Waals surface area (Å²) < 4.78 is 0. The average molecular weight is 244 g/mol. The monoisotopic (exact) mass is 244 g/mol. The molecule has 18 heavy (non-hydrogen) atoms. The molecule has 0 radical (unpaired) electrons. The molecule has 2 aromatic rings. The lowest BCUT2D eigenvalue weighted by molar-refractivity contribution is 0.0791. The molecule has 2 rings (SSSR count). The van der Waals surface area contributed by atoms with E-state index < -0.39 is 0 Å². The first-order valence-corrected chi connectivity index (χ1v) is 6.41. The lowest BCUT2D eigenvalue weighted by atomic mass is 10.1. The number of nitrogens with one attached hydrogen (secondary N) is 1. The summed E-state index contributed by atoms with van der Waals surface area (Å²) >= 11 is 0. The smallest absolute Gasteiger partial charge is 0.255 e. The van der Waals surface area contributed by atoms with Crippen LogP contribution in [0.4, 0.5) is 0 Å². The number of hydrogen-bond acceptors (Lipinski definition) is 1. The van der Waals surface area contributed by atoms with Crippen LogP contribution in [0, 0.1) is 5.92 Å². The number of para-hydroxylation sites is 1. The van der Waals surface area contributed by atoms with Crippen LogP contribution in [0.25, 0.3) is 10.9 Å². The zero-order chi connectivity index (χ0) is 13.1. The van der Waals surface area contributed by atoms with E-state index in [4.69, 9.17) is 0 Å². The van der Waals surface area contributed by atoms with Crippen molar-refractivity contribution in [1.82, 2.24) is 9.88 Å². The van der Waals surface area contributed by atoms with Crippen LogP contribution >= 0.6 is 0 Å². The molecule has 0 saturated heterocycles. The van der Waals surface area contributed by atoms with Crippen molar-refractivity contribution in [3.63, 3.8) is 0 Å². The highest BCUT2D eigenvalue weighted by molar-refractivity contribution is 6.06. The van der Waals surface area contributed by atoms with Crippen molar-refractivity contribution in [2.24, 2.45) is 5.92 Å². The molecule has 96 valence electrons. The maximum absolute atomic E-state index is 12.3.